The van der Waals surface area contributed by atoms with Gasteiger partial charge in [-0.1, -0.05) is 20.8 Å². The van der Waals surface area contributed by atoms with E-state index in [0.717, 1.165) is 17.8 Å². The maximum Gasteiger partial charge on any atom is 0.230 e. The van der Waals surface area contributed by atoms with Gasteiger partial charge < -0.3 is 9.88 Å². The summed E-state index contributed by atoms with van der Waals surface area (Å²) in [6, 6.07) is 4.64. The smallest absolute Gasteiger partial charge is 0.230 e. The van der Waals surface area contributed by atoms with Crippen molar-refractivity contribution in [1.82, 2.24) is 4.57 Å². The van der Waals surface area contributed by atoms with Crippen LogP contribution in [0, 0.1) is 25.1 Å². The van der Waals surface area contributed by atoms with E-state index < -0.39 is 21.1 Å². The number of aromatic nitrogens is 1. The third-order valence-electron chi connectivity index (χ3n) is 4.52. The van der Waals surface area contributed by atoms with E-state index in [2.05, 4.69) is 5.32 Å². The highest BCUT2D eigenvalue weighted by molar-refractivity contribution is 7.91. The van der Waals surface area contributed by atoms with Crippen molar-refractivity contribution in [3.63, 3.8) is 0 Å². The van der Waals surface area contributed by atoms with E-state index in [1.54, 1.807) is 27.7 Å². The summed E-state index contributed by atoms with van der Waals surface area (Å²) in [5.74, 6) is -0.537. The third kappa shape index (κ3) is 3.93. The molecule has 0 saturated heterocycles. The van der Waals surface area contributed by atoms with Crippen molar-refractivity contribution >= 4 is 21.6 Å². The van der Waals surface area contributed by atoms with Crippen LogP contribution in [0.5, 0.6) is 0 Å². The number of nitrogens with zero attached hydrogens (tertiary/aromatic N) is 1. The molecule has 2 aromatic rings. The first kappa shape index (κ1) is 21.2. The van der Waals surface area contributed by atoms with Crippen LogP contribution in [0.3, 0.4) is 0 Å². The molecule has 0 saturated carbocycles. The highest BCUT2D eigenvalue weighted by Gasteiger charge is 2.33. The van der Waals surface area contributed by atoms with Crippen molar-refractivity contribution in [2.24, 2.45) is 5.41 Å². The van der Waals surface area contributed by atoms with Crippen LogP contribution in [-0.4, -0.2) is 18.9 Å². The fourth-order valence-electron chi connectivity index (χ4n) is 2.92. The average Bonchev–Trinajstić information content (AvgIpc) is 2.78. The van der Waals surface area contributed by atoms with E-state index in [1.165, 1.54) is 12.1 Å². The molecule has 0 spiro atoms. The molecule has 1 aromatic carbocycles. The van der Waals surface area contributed by atoms with E-state index >= 15 is 0 Å². The lowest BCUT2D eigenvalue weighted by molar-refractivity contribution is -0.123. The number of anilines is 1. The van der Waals surface area contributed by atoms with Gasteiger partial charge >= 0.3 is 0 Å². The van der Waals surface area contributed by atoms with Gasteiger partial charge in [-0.2, -0.15) is 0 Å². The van der Waals surface area contributed by atoms with Gasteiger partial charge in [0.05, 0.1) is 4.90 Å². The monoisotopic (exact) mass is 394 g/mol. The lowest BCUT2D eigenvalue weighted by Gasteiger charge is -2.22. The van der Waals surface area contributed by atoms with Crippen LogP contribution >= 0.6 is 0 Å². The molecule has 1 N–H and O–H groups in total. The van der Waals surface area contributed by atoms with Gasteiger partial charge in [0.2, 0.25) is 15.7 Å². The van der Waals surface area contributed by atoms with Gasteiger partial charge in [0.25, 0.3) is 0 Å². The summed E-state index contributed by atoms with van der Waals surface area (Å²) in [5, 5.41) is 2.82. The molecule has 1 amide bonds. The normalized spacial score (nSPS) is 12.5. The molecule has 5 nitrogen and oxygen atoms in total. The van der Waals surface area contributed by atoms with Crippen molar-refractivity contribution in [1.29, 1.82) is 0 Å². The van der Waals surface area contributed by atoms with E-state index in [9.17, 15) is 17.6 Å². The Bertz CT molecular complexity index is 966. The number of carbonyl (C=O) groups is 1. The number of benzene rings is 1. The third-order valence-corrected chi connectivity index (χ3v) is 6.45. The minimum Gasteiger partial charge on any atom is -0.328 e. The molecule has 27 heavy (non-hydrogen) atoms. The number of amides is 1. The molecule has 0 aliphatic carbocycles. The van der Waals surface area contributed by atoms with Crippen molar-refractivity contribution in [3.8, 4) is 0 Å². The van der Waals surface area contributed by atoms with Gasteiger partial charge in [-0.05, 0) is 57.5 Å². The summed E-state index contributed by atoms with van der Waals surface area (Å²) >= 11 is 0. The summed E-state index contributed by atoms with van der Waals surface area (Å²) in [6.07, 6.45) is 0. The highest BCUT2D eigenvalue weighted by Crippen LogP contribution is 2.38. The van der Waals surface area contributed by atoms with Crippen molar-refractivity contribution in [3.05, 3.63) is 41.3 Å². The van der Waals surface area contributed by atoms with Crippen LogP contribution in [0.25, 0.3) is 0 Å². The SMILES string of the molecule is Cc1c(S(=O)(=O)c2ccc(F)cc2)c(NC(=O)C(C)(C)C)n(C(C)C)c1C. The molecular formula is C20H27FN2O3S. The van der Waals surface area contributed by atoms with Crippen molar-refractivity contribution in [2.75, 3.05) is 5.32 Å². The van der Waals surface area contributed by atoms with Gasteiger partial charge in [0.15, 0.2) is 0 Å². The Hall–Kier alpha value is -2.15. The Kier molecular flexibility index (Phi) is 5.57. The minimum atomic E-state index is -3.95. The fraction of sp³-hybridized carbons (Fsp3) is 0.450. The van der Waals surface area contributed by atoms with Gasteiger partial charge in [-0.3, -0.25) is 4.79 Å². The van der Waals surface area contributed by atoms with E-state index in [0.29, 0.717) is 5.56 Å². The van der Waals surface area contributed by atoms with Crippen LogP contribution in [-0.2, 0) is 14.6 Å². The summed E-state index contributed by atoms with van der Waals surface area (Å²) in [5.41, 5.74) is 0.636. The van der Waals surface area contributed by atoms with Crippen LogP contribution in [0.15, 0.2) is 34.1 Å². The zero-order valence-corrected chi connectivity index (χ0v) is 17.7. The molecule has 2 rings (SSSR count). The number of sulfone groups is 1. The van der Waals surface area contributed by atoms with Crippen LogP contribution in [0.1, 0.15) is 51.9 Å². The number of rotatable bonds is 4. The second-order valence-electron chi connectivity index (χ2n) is 8.01. The summed E-state index contributed by atoms with van der Waals surface area (Å²) in [7, 11) is -3.95. The zero-order chi connectivity index (χ0) is 20.7. The van der Waals surface area contributed by atoms with Gasteiger partial charge in [-0.25, -0.2) is 12.8 Å². The Morgan fingerprint density at radius 1 is 1.11 bits per heavy atom. The molecule has 0 bridgehead atoms. The van der Waals surface area contributed by atoms with E-state index in [1.807, 2.05) is 25.3 Å². The van der Waals surface area contributed by atoms with Crippen LogP contribution in [0.4, 0.5) is 10.2 Å². The first-order valence-electron chi connectivity index (χ1n) is 8.82. The first-order chi connectivity index (χ1) is 12.3. The molecule has 0 aliphatic heterocycles. The average molecular weight is 395 g/mol. The van der Waals surface area contributed by atoms with E-state index in [4.69, 9.17) is 0 Å². The summed E-state index contributed by atoms with van der Waals surface area (Å²) in [6.45, 7) is 12.7. The van der Waals surface area contributed by atoms with Gasteiger partial charge in [0, 0.05) is 17.2 Å². The summed E-state index contributed by atoms with van der Waals surface area (Å²) in [4.78, 5) is 12.7. The van der Waals surface area contributed by atoms with Crippen LogP contribution in [0.2, 0.25) is 0 Å². The number of hydrogen-bond acceptors (Lipinski definition) is 3. The highest BCUT2D eigenvalue weighted by atomic mass is 32.2. The lowest BCUT2D eigenvalue weighted by Crippen LogP contribution is -2.29. The molecule has 7 heteroatoms. The van der Waals surface area contributed by atoms with Gasteiger partial charge in [0.1, 0.15) is 16.5 Å². The second-order valence-corrected chi connectivity index (χ2v) is 9.90. The largest absolute Gasteiger partial charge is 0.328 e. The van der Waals surface area contributed by atoms with E-state index in [-0.39, 0.29) is 27.6 Å². The number of nitrogens with one attached hydrogen (secondary N) is 1. The standard InChI is InChI=1S/C20H27FN2O3S/c1-12(2)23-14(4)13(3)17(18(23)22-19(24)20(5,6)7)27(25,26)16-10-8-15(21)9-11-16/h8-12H,1-7H3,(H,22,24). The molecule has 0 atom stereocenters. The van der Waals surface area contributed by atoms with Crippen molar-refractivity contribution < 1.29 is 17.6 Å². The molecule has 0 aliphatic rings. The number of carbonyl (C=O) groups excluding carboxylic acids is 1. The topological polar surface area (TPSA) is 68.2 Å². The Morgan fingerprint density at radius 2 is 1.63 bits per heavy atom. The maximum atomic E-state index is 13.3. The fourth-order valence-corrected chi connectivity index (χ4v) is 4.60. The number of hydrogen-bond donors (Lipinski definition) is 1. The van der Waals surface area contributed by atoms with Crippen molar-refractivity contribution in [2.45, 2.75) is 64.3 Å². The Morgan fingerprint density at radius 3 is 2.07 bits per heavy atom. The maximum absolute atomic E-state index is 13.3. The lowest BCUT2D eigenvalue weighted by atomic mass is 9.96. The van der Waals surface area contributed by atoms with Gasteiger partial charge in [-0.15, -0.1) is 0 Å². The molecule has 0 radical (unpaired) electrons. The molecule has 1 aromatic heterocycles. The quantitative estimate of drug-likeness (QED) is 0.768. The molecule has 0 fully saturated rings. The first-order valence-corrected chi connectivity index (χ1v) is 10.3. The molecule has 148 valence electrons. The Balaban J connectivity index is 2.77. The second kappa shape index (κ2) is 7.11. The predicted octanol–water partition coefficient (Wildman–Crippen LogP) is 4.64. The zero-order valence-electron chi connectivity index (χ0n) is 16.8. The van der Waals surface area contributed by atoms with Crippen LogP contribution < -0.4 is 5.32 Å². The predicted molar refractivity (Wildman–Crippen MR) is 104 cm³/mol. The minimum absolute atomic E-state index is 0.0147. The summed E-state index contributed by atoms with van der Waals surface area (Å²) < 4.78 is 41.7. The number of halogens is 1. The molecule has 0 unspecified atom stereocenters. The Labute approximate surface area is 160 Å². The molecule has 1 heterocycles. The molecular weight excluding hydrogens is 367 g/mol.